The lowest BCUT2D eigenvalue weighted by Crippen LogP contribution is -2.50. The highest BCUT2D eigenvalue weighted by molar-refractivity contribution is 5.31. The quantitative estimate of drug-likeness (QED) is 0.873. The SMILES string of the molecule is CCN(CC(F)(F)F)CC(C#N)(NC)c1ccccc1. The van der Waals surface area contributed by atoms with Gasteiger partial charge in [0, 0.05) is 6.54 Å². The van der Waals surface area contributed by atoms with Gasteiger partial charge < -0.3 is 0 Å². The summed E-state index contributed by atoms with van der Waals surface area (Å²) in [5, 5.41) is 12.3. The molecule has 1 unspecified atom stereocenters. The monoisotopic (exact) mass is 285 g/mol. The number of nitrogens with zero attached hydrogens (tertiary/aromatic N) is 2. The predicted molar refractivity (Wildman–Crippen MR) is 71.0 cm³/mol. The van der Waals surface area contributed by atoms with Gasteiger partial charge >= 0.3 is 6.18 Å². The van der Waals surface area contributed by atoms with Crippen LogP contribution in [0.1, 0.15) is 12.5 Å². The van der Waals surface area contributed by atoms with E-state index in [1.165, 1.54) is 4.90 Å². The van der Waals surface area contributed by atoms with Gasteiger partial charge in [0.1, 0.15) is 5.54 Å². The van der Waals surface area contributed by atoms with Gasteiger partial charge in [0.25, 0.3) is 0 Å². The first-order valence-corrected chi connectivity index (χ1v) is 6.31. The molecular weight excluding hydrogens is 267 g/mol. The van der Waals surface area contributed by atoms with Crippen LogP contribution >= 0.6 is 0 Å². The second-order valence-electron chi connectivity index (χ2n) is 4.55. The largest absolute Gasteiger partial charge is 0.401 e. The third-order valence-corrected chi connectivity index (χ3v) is 3.20. The summed E-state index contributed by atoms with van der Waals surface area (Å²) < 4.78 is 37.6. The Hall–Kier alpha value is -1.58. The Kier molecular flexibility index (Phi) is 5.54. The second kappa shape index (κ2) is 6.73. The number of benzene rings is 1. The molecule has 1 N–H and O–H groups in total. The van der Waals surface area contributed by atoms with Crippen molar-refractivity contribution in [3.05, 3.63) is 35.9 Å². The maximum atomic E-state index is 12.5. The molecule has 1 atom stereocenters. The zero-order valence-electron chi connectivity index (χ0n) is 11.5. The molecule has 1 aromatic rings. The first kappa shape index (κ1) is 16.5. The zero-order chi connectivity index (χ0) is 15.2. The maximum Gasteiger partial charge on any atom is 0.401 e. The van der Waals surface area contributed by atoms with Crippen LogP contribution in [0.25, 0.3) is 0 Å². The summed E-state index contributed by atoms with van der Waals surface area (Å²) in [6, 6.07) is 10.9. The predicted octanol–water partition coefficient (Wildman–Crippen LogP) is 2.51. The zero-order valence-corrected chi connectivity index (χ0v) is 11.5. The molecule has 0 aromatic heterocycles. The average molecular weight is 285 g/mol. The van der Waals surface area contributed by atoms with Gasteiger partial charge in [-0.1, -0.05) is 37.3 Å². The van der Waals surface area contributed by atoms with E-state index in [1.54, 1.807) is 44.3 Å². The lowest BCUT2D eigenvalue weighted by Gasteiger charge is -2.33. The van der Waals surface area contributed by atoms with Gasteiger partial charge in [-0.15, -0.1) is 0 Å². The highest BCUT2D eigenvalue weighted by Gasteiger charge is 2.37. The minimum absolute atomic E-state index is 0.0278. The van der Waals surface area contributed by atoms with Gasteiger partial charge in [-0.25, -0.2) is 0 Å². The third-order valence-electron chi connectivity index (χ3n) is 3.20. The van der Waals surface area contributed by atoms with Crippen molar-refractivity contribution in [2.75, 3.05) is 26.7 Å². The van der Waals surface area contributed by atoms with E-state index in [-0.39, 0.29) is 13.1 Å². The fourth-order valence-corrected chi connectivity index (χ4v) is 2.06. The van der Waals surface area contributed by atoms with E-state index in [2.05, 4.69) is 11.4 Å². The Morgan fingerprint density at radius 1 is 1.20 bits per heavy atom. The van der Waals surface area contributed by atoms with Crippen molar-refractivity contribution in [2.45, 2.75) is 18.6 Å². The number of alkyl halides is 3. The van der Waals surface area contributed by atoms with Crippen molar-refractivity contribution in [1.29, 1.82) is 5.26 Å². The van der Waals surface area contributed by atoms with E-state index in [0.29, 0.717) is 5.56 Å². The van der Waals surface area contributed by atoms with Crippen LogP contribution in [0.4, 0.5) is 13.2 Å². The molecule has 0 fully saturated rings. The van der Waals surface area contributed by atoms with Crippen molar-refractivity contribution >= 4 is 0 Å². The van der Waals surface area contributed by atoms with Crippen molar-refractivity contribution in [2.24, 2.45) is 0 Å². The minimum Gasteiger partial charge on any atom is -0.298 e. The molecule has 0 aliphatic heterocycles. The van der Waals surface area contributed by atoms with Crippen LogP contribution in [0.2, 0.25) is 0 Å². The fourth-order valence-electron chi connectivity index (χ4n) is 2.06. The number of rotatable bonds is 6. The van der Waals surface area contributed by atoms with Crippen LogP contribution in [0.15, 0.2) is 30.3 Å². The normalized spacial score (nSPS) is 14.8. The van der Waals surface area contributed by atoms with E-state index < -0.39 is 18.3 Å². The van der Waals surface area contributed by atoms with Crippen LogP contribution < -0.4 is 5.32 Å². The summed E-state index contributed by atoms with van der Waals surface area (Å²) in [6.45, 7) is 0.813. The Morgan fingerprint density at radius 2 is 1.80 bits per heavy atom. The first-order valence-electron chi connectivity index (χ1n) is 6.31. The van der Waals surface area contributed by atoms with Gasteiger partial charge in [0.2, 0.25) is 0 Å². The van der Waals surface area contributed by atoms with E-state index in [4.69, 9.17) is 0 Å². The number of hydrogen-bond acceptors (Lipinski definition) is 3. The van der Waals surface area contributed by atoms with E-state index >= 15 is 0 Å². The summed E-state index contributed by atoms with van der Waals surface area (Å²) in [4.78, 5) is 1.21. The first-order chi connectivity index (χ1) is 9.37. The van der Waals surface area contributed by atoms with Crippen molar-refractivity contribution in [3.8, 4) is 6.07 Å². The summed E-state index contributed by atoms with van der Waals surface area (Å²) in [5.41, 5.74) is -0.492. The van der Waals surface area contributed by atoms with Crippen LogP contribution in [0.3, 0.4) is 0 Å². The minimum atomic E-state index is -4.28. The third kappa shape index (κ3) is 4.22. The molecule has 1 aromatic carbocycles. The molecule has 0 aliphatic rings. The molecule has 0 amide bonds. The van der Waals surface area contributed by atoms with E-state index in [1.807, 2.05) is 0 Å². The van der Waals surface area contributed by atoms with E-state index in [0.717, 1.165) is 0 Å². The molecule has 0 saturated carbocycles. The molecule has 110 valence electrons. The summed E-state index contributed by atoms with van der Waals surface area (Å²) in [5.74, 6) is 0. The molecule has 0 bridgehead atoms. The Bertz CT molecular complexity index is 453. The molecule has 0 heterocycles. The summed E-state index contributed by atoms with van der Waals surface area (Å²) >= 11 is 0. The van der Waals surface area contributed by atoms with Gasteiger partial charge in [-0.2, -0.15) is 18.4 Å². The molecule has 0 spiro atoms. The van der Waals surface area contributed by atoms with E-state index in [9.17, 15) is 18.4 Å². The Balaban J connectivity index is 3.00. The topological polar surface area (TPSA) is 39.1 Å². The standard InChI is InChI=1S/C14H18F3N3/c1-3-20(11-14(15,16)17)10-13(9-18,19-2)12-7-5-4-6-8-12/h4-8,19H,3,10-11H2,1-2H3. The molecule has 0 radical (unpaired) electrons. The molecule has 0 aliphatic carbocycles. The maximum absolute atomic E-state index is 12.5. The fraction of sp³-hybridized carbons (Fsp3) is 0.500. The lowest BCUT2D eigenvalue weighted by molar-refractivity contribution is -0.146. The van der Waals surface area contributed by atoms with Crippen LogP contribution in [-0.4, -0.2) is 37.8 Å². The van der Waals surface area contributed by atoms with Crippen LogP contribution in [-0.2, 0) is 5.54 Å². The van der Waals surface area contributed by atoms with Gasteiger partial charge in [-0.3, -0.25) is 10.2 Å². The lowest BCUT2D eigenvalue weighted by atomic mass is 9.91. The Morgan fingerprint density at radius 3 is 2.20 bits per heavy atom. The highest BCUT2D eigenvalue weighted by atomic mass is 19.4. The highest BCUT2D eigenvalue weighted by Crippen LogP contribution is 2.24. The Labute approximate surface area is 117 Å². The number of hydrogen-bond donors (Lipinski definition) is 1. The number of nitriles is 1. The van der Waals surface area contributed by atoms with Gasteiger partial charge in [-0.05, 0) is 19.2 Å². The number of halogens is 3. The molecule has 20 heavy (non-hydrogen) atoms. The molecular formula is C14H18F3N3. The molecule has 3 nitrogen and oxygen atoms in total. The van der Waals surface area contributed by atoms with Crippen molar-refractivity contribution < 1.29 is 13.2 Å². The van der Waals surface area contributed by atoms with Crippen molar-refractivity contribution in [1.82, 2.24) is 10.2 Å². The molecule has 6 heteroatoms. The van der Waals surface area contributed by atoms with Crippen LogP contribution in [0, 0.1) is 11.3 Å². The number of likely N-dealkylation sites (N-methyl/N-ethyl adjacent to an activating group) is 2. The molecule has 0 saturated heterocycles. The van der Waals surface area contributed by atoms with Gasteiger partial charge in [0.15, 0.2) is 0 Å². The number of nitrogens with one attached hydrogen (secondary N) is 1. The van der Waals surface area contributed by atoms with Gasteiger partial charge in [0.05, 0.1) is 12.6 Å². The summed E-state index contributed by atoms with van der Waals surface area (Å²) in [6.07, 6.45) is -4.28. The van der Waals surface area contributed by atoms with Crippen LogP contribution in [0.5, 0.6) is 0 Å². The smallest absolute Gasteiger partial charge is 0.298 e. The van der Waals surface area contributed by atoms with Crippen molar-refractivity contribution in [3.63, 3.8) is 0 Å². The summed E-state index contributed by atoms with van der Waals surface area (Å²) in [7, 11) is 1.58. The average Bonchev–Trinajstić information content (AvgIpc) is 2.43. The molecule has 1 rings (SSSR count). The second-order valence-corrected chi connectivity index (χ2v) is 4.55.